The van der Waals surface area contributed by atoms with Gasteiger partial charge in [0.2, 0.25) is 0 Å². The zero-order valence-corrected chi connectivity index (χ0v) is 11.3. The van der Waals surface area contributed by atoms with Crippen molar-refractivity contribution in [1.29, 1.82) is 0 Å². The molecule has 0 radical (unpaired) electrons. The van der Waals surface area contributed by atoms with Crippen molar-refractivity contribution in [3.8, 4) is 0 Å². The van der Waals surface area contributed by atoms with Gasteiger partial charge < -0.3 is 5.11 Å². The van der Waals surface area contributed by atoms with E-state index in [1.54, 1.807) is 0 Å². The summed E-state index contributed by atoms with van der Waals surface area (Å²) in [6.45, 7) is 2.04. The molecule has 0 aromatic heterocycles. The third-order valence-electron chi connectivity index (χ3n) is 2.41. The molecule has 0 aliphatic rings. The van der Waals surface area contributed by atoms with Gasteiger partial charge in [0, 0.05) is 6.54 Å². The van der Waals surface area contributed by atoms with Gasteiger partial charge in [-0.1, -0.05) is 37.3 Å². The van der Waals surface area contributed by atoms with Gasteiger partial charge in [0.05, 0.1) is 12.6 Å². The van der Waals surface area contributed by atoms with E-state index in [1.807, 2.05) is 37.3 Å². The van der Waals surface area contributed by atoms with Crippen molar-refractivity contribution < 1.29 is 13.5 Å². The van der Waals surface area contributed by atoms with E-state index in [0.29, 0.717) is 13.0 Å². The van der Waals surface area contributed by atoms with Gasteiger partial charge in [0.25, 0.3) is 10.2 Å². The highest BCUT2D eigenvalue weighted by Crippen LogP contribution is 2.03. The molecule has 102 valence electrons. The van der Waals surface area contributed by atoms with Crippen LogP contribution >= 0.6 is 0 Å². The van der Waals surface area contributed by atoms with Crippen LogP contribution in [0.3, 0.4) is 0 Å². The molecule has 0 saturated carbocycles. The summed E-state index contributed by atoms with van der Waals surface area (Å²) >= 11 is 0. The Morgan fingerprint density at radius 1 is 1.28 bits per heavy atom. The topological polar surface area (TPSA) is 78.4 Å². The SMILES string of the molecule is CCCNS(=O)(=O)N[C@H](CO)Cc1ccccc1. The van der Waals surface area contributed by atoms with Gasteiger partial charge in [-0.2, -0.15) is 13.1 Å². The number of benzene rings is 1. The summed E-state index contributed by atoms with van der Waals surface area (Å²) in [7, 11) is -3.54. The van der Waals surface area contributed by atoms with Crippen molar-refractivity contribution in [2.45, 2.75) is 25.8 Å². The average molecular weight is 272 g/mol. The second-order valence-electron chi connectivity index (χ2n) is 4.08. The van der Waals surface area contributed by atoms with Crippen molar-refractivity contribution in [3.05, 3.63) is 35.9 Å². The Hall–Kier alpha value is -0.950. The molecule has 0 aliphatic heterocycles. The van der Waals surface area contributed by atoms with E-state index in [2.05, 4.69) is 9.44 Å². The molecule has 1 aromatic carbocycles. The molecule has 0 aliphatic carbocycles. The van der Waals surface area contributed by atoms with Gasteiger partial charge in [-0.15, -0.1) is 0 Å². The zero-order valence-electron chi connectivity index (χ0n) is 10.5. The molecule has 1 aromatic rings. The molecule has 18 heavy (non-hydrogen) atoms. The van der Waals surface area contributed by atoms with Gasteiger partial charge in [0.1, 0.15) is 0 Å². The van der Waals surface area contributed by atoms with Gasteiger partial charge in [0.15, 0.2) is 0 Å². The lowest BCUT2D eigenvalue weighted by Crippen LogP contribution is -2.45. The Kier molecular flexibility index (Phi) is 6.28. The summed E-state index contributed by atoms with van der Waals surface area (Å²) in [5.74, 6) is 0. The van der Waals surface area contributed by atoms with Gasteiger partial charge in [-0.25, -0.2) is 4.72 Å². The van der Waals surface area contributed by atoms with Crippen LogP contribution in [0.1, 0.15) is 18.9 Å². The van der Waals surface area contributed by atoms with Crippen molar-refractivity contribution in [2.24, 2.45) is 0 Å². The summed E-state index contributed by atoms with van der Waals surface area (Å²) in [4.78, 5) is 0. The highest BCUT2D eigenvalue weighted by molar-refractivity contribution is 7.87. The molecule has 0 amide bonds. The smallest absolute Gasteiger partial charge is 0.277 e. The van der Waals surface area contributed by atoms with Gasteiger partial charge in [-0.3, -0.25) is 0 Å². The molecule has 1 rings (SSSR count). The second kappa shape index (κ2) is 7.48. The first-order chi connectivity index (χ1) is 8.57. The van der Waals surface area contributed by atoms with Crippen LogP contribution in [0.5, 0.6) is 0 Å². The lowest BCUT2D eigenvalue weighted by atomic mass is 10.1. The van der Waals surface area contributed by atoms with Crippen LogP contribution in [-0.2, 0) is 16.6 Å². The minimum absolute atomic E-state index is 0.234. The molecule has 1 atom stereocenters. The summed E-state index contributed by atoms with van der Waals surface area (Å²) < 4.78 is 28.1. The Labute approximate surface area is 108 Å². The second-order valence-corrected chi connectivity index (χ2v) is 5.62. The fourth-order valence-electron chi connectivity index (χ4n) is 1.54. The third kappa shape index (κ3) is 5.59. The number of nitrogens with one attached hydrogen (secondary N) is 2. The summed E-state index contributed by atoms with van der Waals surface area (Å²) in [5, 5.41) is 9.22. The third-order valence-corrected chi connectivity index (χ3v) is 3.64. The maximum absolute atomic E-state index is 11.6. The van der Waals surface area contributed by atoms with Gasteiger partial charge >= 0.3 is 0 Å². The van der Waals surface area contributed by atoms with Crippen LogP contribution in [0, 0.1) is 0 Å². The number of hydrogen-bond acceptors (Lipinski definition) is 3. The van der Waals surface area contributed by atoms with E-state index in [-0.39, 0.29) is 6.61 Å². The summed E-state index contributed by atoms with van der Waals surface area (Å²) in [6.07, 6.45) is 1.19. The van der Waals surface area contributed by atoms with Crippen molar-refractivity contribution in [1.82, 2.24) is 9.44 Å². The van der Waals surface area contributed by atoms with E-state index < -0.39 is 16.3 Å². The van der Waals surface area contributed by atoms with Crippen molar-refractivity contribution >= 4 is 10.2 Å². The maximum Gasteiger partial charge on any atom is 0.277 e. The Bertz CT molecular complexity index is 434. The Morgan fingerprint density at radius 2 is 1.94 bits per heavy atom. The lowest BCUT2D eigenvalue weighted by Gasteiger charge is -2.16. The average Bonchev–Trinajstić information content (AvgIpc) is 2.36. The molecular weight excluding hydrogens is 252 g/mol. The molecule has 5 nitrogen and oxygen atoms in total. The van der Waals surface area contributed by atoms with E-state index in [1.165, 1.54) is 0 Å². The molecule has 0 unspecified atom stereocenters. The predicted molar refractivity (Wildman–Crippen MR) is 71.4 cm³/mol. The molecule has 0 spiro atoms. The fourth-order valence-corrected chi connectivity index (χ4v) is 2.69. The van der Waals surface area contributed by atoms with Crippen molar-refractivity contribution in [2.75, 3.05) is 13.2 Å². The van der Waals surface area contributed by atoms with E-state index in [9.17, 15) is 13.5 Å². The van der Waals surface area contributed by atoms with Gasteiger partial charge in [-0.05, 0) is 18.4 Å². The Morgan fingerprint density at radius 3 is 2.50 bits per heavy atom. The minimum atomic E-state index is -3.54. The van der Waals surface area contributed by atoms with Crippen LogP contribution in [0.25, 0.3) is 0 Å². The highest BCUT2D eigenvalue weighted by Gasteiger charge is 2.16. The van der Waals surface area contributed by atoms with Crippen LogP contribution < -0.4 is 9.44 Å². The molecule has 3 N–H and O–H groups in total. The van der Waals surface area contributed by atoms with E-state index >= 15 is 0 Å². The molecule has 6 heteroatoms. The van der Waals surface area contributed by atoms with Crippen LogP contribution in [0.2, 0.25) is 0 Å². The Balaban J connectivity index is 2.57. The largest absolute Gasteiger partial charge is 0.395 e. The van der Waals surface area contributed by atoms with Crippen LogP contribution in [0.4, 0.5) is 0 Å². The summed E-state index contributed by atoms with van der Waals surface area (Å²) in [5.41, 5.74) is 0.981. The van der Waals surface area contributed by atoms with E-state index in [4.69, 9.17) is 0 Å². The molecule has 0 bridgehead atoms. The predicted octanol–water partition coefficient (Wildman–Crippen LogP) is 0.424. The molecule has 0 fully saturated rings. The van der Waals surface area contributed by atoms with Crippen LogP contribution in [-0.4, -0.2) is 32.7 Å². The molecule has 0 saturated heterocycles. The highest BCUT2D eigenvalue weighted by atomic mass is 32.2. The molecular formula is C12H20N2O3S. The van der Waals surface area contributed by atoms with E-state index in [0.717, 1.165) is 12.0 Å². The number of rotatable bonds is 8. The first-order valence-electron chi connectivity index (χ1n) is 5.99. The first kappa shape index (κ1) is 15.1. The zero-order chi connectivity index (χ0) is 13.4. The summed E-state index contributed by atoms with van der Waals surface area (Å²) in [6, 6.07) is 8.94. The quantitative estimate of drug-likeness (QED) is 0.642. The maximum atomic E-state index is 11.6. The lowest BCUT2D eigenvalue weighted by molar-refractivity contribution is 0.255. The monoisotopic (exact) mass is 272 g/mol. The molecule has 0 heterocycles. The van der Waals surface area contributed by atoms with Crippen LogP contribution in [0.15, 0.2) is 30.3 Å². The minimum Gasteiger partial charge on any atom is -0.395 e. The number of aliphatic hydroxyl groups excluding tert-OH is 1. The number of hydrogen-bond donors (Lipinski definition) is 3. The fraction of sp³-hybridized carbons (Fsp3) is 0.500. The standard InChI is InChI=1S/C12H20N2O3S/c1-2-8-13-18(16,17)14-12(10-15)9-11-6-4-3-5-7-11/h3-7,12-15H,2,8-10H2,1H3/t12-/m0/s1. The van der Waals surface area contributed by atoms with Crippen molar-refractivity contribution in [3.63, 3.8) is 0 Å². The number of aliphatic hydroxyl groups is 1. The first-order valence-corrected chi connectivity index (χ1v) is 7.47. The normalized spacial score (nSPS) is 13.4.